The largest absolute Gasteiger partial charge is 0.465 e. The number of anilines is 1. The van der Waals surface area contributed by atoms with E-state index in [1.54, 1.807) is 0 Å². The minimum Gasteiger partial charge on any atom is -0.465 e. The molecule has 3 aromatic carbocycles. The Balaban J connectivity index is 0.00000442. The zero-order chi connectivity index (χ0) is 30.6. The van der Waals surface area contributed by atoms with Crippen molar-refractivity contribution in [3.63, 3.8) is 0 Å². The maximum atomic E-state index is 13.5. The van der Waals surface area contributed by atoms with E-state index in [4.69, 9.17) is 4.74 Å². The third-order valence-electron chi connectivity index (χ3n) is 7.48. The van der Waals surface area contributed by atoms with Gasteiger partial charge < -0.3 is 10.1 Å². The number of fused-ring (bicyclic) bond motifs is 1. The van der Waals surface area contributed by atoms with E-state index in [-0.39, 0.29) is 35.5 Å². The third-order valence-corrected chi connectivity index (χ3v) is 10.7. The number of amides is 1. The molecule has 1 aromatic heterocycles. The summed E-state index contributed by atoms with van der Waals surface area (Å²) in [6.45, 7) is 6.15. The van der Waals surface area contributed by atoms with Gasteiger partial charge in [0.2, 0.25) is 10.0 Å². The molecule has 1 N–H and O–H groups in total. The average molecular weight is 654 g/mol. The van der Waals surface area contributed by atoms with E-state index in [0.717, 1.165) is 29.1 Å². The minimum atomic E-state index is -3.81. The number of esters is 1. The van der Waals surface area contributed by atoms with Crippen LogP contribution in [0, 0.1) is 0 Å². The molecule has 0 unspecified atom stereocenters. The first-order valence-electron chi connectivity index (χ1n) is 14.1. The van der Waals surface area contributed by atoms with Crippen LogP contribution in [0.1, 0.15) is 56.1 Å². The van der Waals surface area contributed by atoms with E-state index in [1.165, 1.54) is 52.6 Å². The Hall–Kier alpha value is -3.54. The summed E-state index contributed by atoms with van der Waals surface area (Å²) in [4.78, 5) is 29.6. The van der Waals surface area contributed by atoms with Crippen LogP contribution in [0.3, 0.4) is 0 Å². The zero-order valence-electron chi connectivity index (χ0n) is 24.9. The molecule has 0 fully saturated rings. The minimum absolute atomic E-state index is 0. The second-order valence-electron chi connectivity index (χ2n) is 10.8. The molecule has 0 saturated carbocycles. The summed E-state index contributed by atoms with van der Waals surface area (Å²) in [5.74, 6) is -0.920. The molecule has 44 heavy (non-hydrogen) atoms. The Labute approximate surface area is 269 Å². The van der Waals surface area contributed by atoms with Crippen molar-refractivity contribution in [1.82, 2.24) is 9.21 Å². The van der Waals surface area contributed by atoms with Crippen LogP contribution in [0.5, 0.6) is 0 Å². The number of sulfonamides is 1. The summed E-state index contributed by atoms with van der Waals surface area (Å²) < 4.78 is 33.6. The van der Waals surface area contributed by atoms with Gasteiger partial charge in [0.15, 0.2) is 0 Å². The number of hydrogen-bond donors (Lipinski definition) is 1. The van der Waals surface area contributed by atoms with Crippen molar-refractivity contribution in [2.24, 2.45) is 0 Å². The molecule has 2 heterocycles. The van der Waals surface area contributed by atoms with Crippen LogP contribution in [0.4, 0.5) is 5.00 Å². The summed E-state index contributed by atoms with van der Waals surface area (Å²) in [5, 5.41) is 3.33. The van der Waals surface area contributed by atoms with Gasteiger partial charge in [0.25, 0.3) is 5.91 Å². The maximum Gasteiger partial charge on any atom is 0.341 e. The molecule has 0 atom stereocenters. The summed E-state index contributed by atoms with van der Waals surface area (Å²) in [7, 11) is -2.48. The highest BCUT2D eigenvalue weighted by Gasteiger charge is 2.30. The lowest BCUT2D eigenvalue weighted by Gasteiger charge is -2.27. The van der Waals surface area contributed by atoms with Crippen LogP contribution in [0.25, 0.3) is 0 Å². The van der Waals surface area contributed by atoms with Crippen LogP contribution in [0.15, 0.2) is 89.8 Å². The van der Waals surface area contributed by atoms with Gasteiger partial charge in [-0.3, -0.25) is 9.69 Å². The number of rotatable bonds is 10. The van der Waals surface area contributed by atoms with E-state index in [9.17, 15) is 18.0 Å². The average Bonchev–Trinajstić information content (AvgIpc) is 3.37. The fourth-order valence-corrected chi connectivity index (χ4v) is 8.13. The second kappa shape index (κ2) is 14.5. The molecule has 0 bridgehead atoms. The molecule has 5 rings (SSSR count). The SMILES string of the molecule is COC(=O)c1c(NC(=O)c2ccc(S(=O)(=O)N(Cc3ccccc3)C(C)C)cc2)sc2c1CCN(Cc1ccccc1)C2.Cl. The number of halogens is 1. The first-order chi connectivity index (χ1) is 20.7. The Kier molecular flexibility index (Phi) is 11.0. The number of nitrogens with one attached hydrogen (secondary N) is 1. The second-order valence-corrected chi connectivity index (χ2v) is 13.7. The first kappa shape index (κ1) is 33.4. The maximum absolute atomic E-state index is 13.5. The Morgan fingerprint density at radius 2 is 1.57 bits per heavy atom. The van der Waals surface area contributed by atoms with Crippen molar-refractivity contribution in [1.29, 1.82) is 0 Å². The summed E-state index contributed by atoms with van der Waals surface area (Å²) in [5.41, 5.74) is 3.68. The normalized spacial score (nSPS) is 13.3. The lowest BCUT2D eigenvalue weighted by Crippen LogP contribution is -2.36. The lowest BCUT2D eigenvalue weighted by atomic mass is 10.0. The highest BCUT2D eigenvalue weighted by atomic mass is 35.5. The van der Waals surface area contributed by atoms with Crippen LogP contribution >= 0.6 is 23.7 Å². The number of carbonyl (C=O) groups excluding carboxylic acids is 2. The summed E-state index contributed by atoms with van der Waals surface area (Å²) in [6.07, 6.45) is 0.668. The van der Waals surface area contributed by atoms with E-state index in [2.05, 4.69) is 22.3 Å². The number of carbonyl (C=O) groups is 2. The molecule has 232 valence electrons. The number of methoxy groups -OCH3 is 1. The topological polar surface area (TPSA) is 96.0 Å². The van der Waals surface area contributed by atoms with Gasteiger partial charge in [-0.2, -0.15) is 4.31 Å². The van der Waals surface area contributed by atoms with Crippen molar-refractivity contribution in [3.05, 3.63) is 118 Å². The van der Waals surface area contributed by atoms with Crippen molar-refractivity contribution < 1.29 is 22.7 Å². The number of nitrogens with zero attached hydrogens (tertiary/aromatic N) is 2. The predicted octanol–water partition coefficient (Wildman–Crippen LogP) is 6.37. The van der Waals surface area contributed by atoms with Crippen molar-refractivity contribution in [2.75, 3.05) is 19.0 Å². The Bertz CT molecular complexity index is 1690. The number of thiophene rings is 1. The summed E-state index contributed by atoms with van der Waals surface area (Å²) in [6, 6.07) is 25.3. The molecular weight excluding hydrogens is 618 g/mol. The summed E-state index contributed by atoms with van der Waals surface area (Å²) >= 11 is 1.38. The Morgan fingerprint density at radius 1 is 0.955 bits per heavy atom. The van der Waals surface area contributed by atoms with Gasteiger partial charge in [-0.25, -0.2) is 13.2 Å². The number of benzene rings is 3. The van der Waals surface area contributed by atoms with E-state index in [0.29, 0.717) is 23.5 Å². The fourth-order valence-electron chi connectivity index (χ4n) is 5.24. The number of ether oxygens (including phenoxy) is 1. The molecule has 8 nitrogen and oxygen atoms in total. The molecule has 0 radical (unpaired) electrons. The standard InChI is InChI=1S/C33H35N3O5S2.ClH/c1-23(2)36(21-25-12-8-5-9-13-25)43(39,40)27-16-14-26(15-17-27)31(37)34-32-30(33(38)41-3)28-18-19-35(22-29(28)42-32)20-24-10-6-4-7-11-24;/h4-17,23H,18-22H2,1-3H3,(H,34,37);1H. The molecule has 0 saturated heterocycles. The quantitative estimate of drug-likeness (QED) is 0.200. The van der Waals surface area contributed by atoms with Gasteiger partial charge in [0, 0.05) is 42.7 Å². The first-order valence-corrected chi connectivity index (χ1v) is 16.4. The molecule has 11 heteroatoms. The molecule has 1 aliphatic rings. The lowest BCUT2D eigenvalue weighted by molar-refractivity contribution is 0.0600. The third kappa shape index (κ3) is 7.39. The van der Waals surface area contributed by atoms with Crippen LogP contribution in [0.2, 0.25) is 0 Å². The molecule has 4 aromatic rings. The molecule has 1 amide bonds. The molecule has 0 aliphatic carbocycles. The van der Waals surface area contributed by atoms with Gasteiger partial charge in [-0.05, 0) is 61.2 Å². The van der Waals surface area contributed by atoms with Crippen molar-refractivity contribution in [2.45, 2.75) is 50.8 Å². The van der Waals surface area contributed by atoms with Crippen molar-refractivity contribution in [3.8, 4) is 0 Å². The van der Waals surface area contributed by atoms with Gasteiger partial charge in [0.1, 0.15) is 5.00 Å². The zero-order valence-corrected chi connectivity index (χ0v) is 27.3. The molecule has 0 spiro atoms. The van der Waals surface area contributed by atoms with E-state index < -0.39 is 21.9 Å². The molecular formula is C33H36ClN3O5S2. The van der Waals surface area contributed by atoms with Crippen LogP contribution < -0.4 is 5.32 Å². The monoisotopic (exact) mass is 653 g/mol. The predicted molar refractivity (Wildman–Crippen MR) is 176 cm³/mol. The van der Waals surface area contributed by atoms with Gasteiger partial charge in [-0.1, -0.05) is 60.7 Å². The van der Waals surface area contributed by atoms with E-state index in [1.807, 2.05) is 62.4 Å². The number of hydrogen-bond acceptors (Lipinski definition) is 7. The van der Waals surface area contributed by atoms with E-state index >= 15 is 0 Å². The highest BCUT2D eigenvalue weighted by molar-refractivity contribution is 7.89. The fraction of sp³-hybridized carbons (Fsp3) is 0.273. The highest BCUT2D eigenvalue weighted by Crippen LogP contribution is 2.38. The molecule has 1 aliphatic heterocycles. The van der Waals surface area contributed by atoms with Crippen LogP contribution in [-0.2, 0) is 40.8 Å². The van der Waals surface area contributed by atoms with Gasteiger partial charge in [0.05, 0.1) is 17.6 Å². The smallest absolute Gasteiger partial charge is 0.341 e. The van der Waals surface area contributed by atoms with Crippen molar-refractivity contribution >= 4 is 50.6 Å². The Morgan fingerprint density at radius 3 is 2.16 bits per heavy atom. The van der Waals surface area contributed by atoms with Crippen LogP contribution in [-0.4, -0.2) is 49.2 Å². The van der Waals surface area contributed by atoms with Gasteiger partial charge in [-0.15, -0.1) is 23.7 Å². The van der Waals surface area contributed by atoms with Gasteiger partial charge >= 0.3 is 5.97 Å².